The van der Waals surface area contributed by atoms with E-state index in [1.807, 2.05) is 41.5 Å². The Hall–Kier alpha value is -2.28. The van der Waals surface area contributed by atoms with Crippen LogP contribution in [0.25, 0.3) is 0 Å². The summed E-state index contributed by atoms with van der Waals surface area (Å²) < 4.78 is 10.3. The molecule has 0 aliphatic rings. The van der Waals surface area contributed by atoms with Gasteiger partial charge in [0.25, 0.3) is 0 Å². The molecule has 148 valence electrons. The number of anilines is 1. The molecule has 1 rings (SSSR count). The Bertz CT molecular complexity index is 574. The fraction of sp³-hybridized carbons (Fsp3) is 0.579. The first-order valence-electron chi connectivity index (χ1n) is 8.46. The fourth-order valence-electron chi connectivity index (χ4n) is 1.57. The van der Waals surface area contributed by atoms with Gasteiger partial charge in [-0.25, -0.2) is 4.79 Å². The molecule has 0 spiro atoms. The predicted octanol–water partition coefficient (Wildman–Crippen LogP) is 3.68. The summed E-state index contributed by atoms with van der Waals surface area (Å²) >= 11 is 0. The smallest absolute Gasteiger partial charge is 0.407 e. The number of para-hydroxylation sites is 2. The monoisotopic (exact) mass is 368 g/mol. The van der Waals surface area contributed by atoms with Crippen LogP contribution in [0.5, 0.6) is 5.75 Å². The average molecular weight is 368 g/mol. The third-order valence-electron chi connectivity index (χ3n) is 2.65. The highest BCUT2D eigenvalue weighted by Gasteiger charge is 2.14. The Morgan fingerprint density at radius 2 is 1.62 bits per heavy atom. The van der Waals surface area contributed by atoms with Gasteiger partial charge in [0.2, 0.25) is 5.91 Å². The van der Waals surface area contributed by atoms with Crippen LogP contribution in [0.1, 0.15) is 48.0 Å². The first kappa shape index (κ1) is 23.7. The van der Waals surface area contributed by atoms with Gasteiger partial charge >= 0.3 is 6.09 Å². The predicted molar refractivity (Wildman–Crippen MR) is 102 cm³/mol. The van der Waals surface area contributed by atoms with Gasteiger partial charge < -0.3 is 25.2 Å². The molecule has 1 aromatic rings. The molecule has 7 heteroatoms. The van der Waals surface area contributed by atoms with Gasteiger partial charge in [0, 0.05) is 7.05 Å². The summed E-state index contributed by atoms with van der Waals surface area (Å²) in [4.78, 5) is 22.0. The molecule has 0 atom stereocenters. The van der Waals surface area contributed by atoms with Crippen LogP contribution in [0.15, 0.2) is 24.3 Å². The van der Waals surface area contributed by atoms with Gasteiger partial charge in [0.05, 0.1) is 24.3 Å². The molecule has 0 radical (unpaired) electrons. The number of benzene rings is 1. The molecule has 0 aromatic heterocycles. The third kappa shape index (κ3) is 13.1. The fourth-order valence-corrected chi connectivity index (χ4v) is 1.57. The van der Waals surface area contributed by atoms with Crippen molar-refractivity contribution in [3.63, 3.8) is 0 Å². The second-order valence-electron chi connectivity index (χ2n) is 7.53. The normalized spacial score (nSPS) is 11.0. The zero-order valence-electron chi connectivity index (χ0n) is 16.8. The zero-order valence-corrected chi connectivity index (χ0v) is 16.8. The number of aromatic hydroxyl groups is 1. The van der Waals surface area contributed by atoms with Gasteiger partial charge in [-0.1, -0.05) is 12.1 Å². The van der Waals surface area contributed by atoms with Crippen LogP contribution in [0, 0.1) is 0 Å². The number of phenols is 1. The summed E-state index contributed by atoms with van der Waals surface area (Å²) in [5.41, 5.74) is -0.205. The average Bonchev–Trinajstić information content (AvgIpc) is 2.47. The standard InChI is InChI=1S/C13H19NO3.C6H13NO2/c1-13(2,3)17-9-8-12(16)14-10-6-4-5-7-11(10)15;1-6(2,3)9-5(8)7-4/h4-7,15H,8-9H2,1-3H3,(H,14,16);1-4H3,(H,7,8). The minimum atomic E-state index is -0.389. The number of nitrogens with one attached hydrogen (secondary N) is 2. The van der Waals surface area contributed by atoms with Crippen molar-refractivity contribution in [3.05, 3.63) is 24.3 Å². The highest BCUT2D eigenvalue weighted by molar-refractivity contribution is 5.92. The molecule has 0 fully saturated rings. The Morgan fingerprint density at radius 3 is 2.04 bits per heavy atom. The maximum absolute atomic E-state index is 11.5. The lowest BCUT2D eigenvalue weighted by atomic mass is 10.2. The molecule has 1 aromatic carbocycles. The van der Waals surface area contributed by atoms with Crippen molar-refractivity contribution < 1.29 is 24.2 Å². The third-order valence-corrected chi connectivity index (χ3v) is 2.65. The second-order valence-corrected chi connectivity index (χ2v) is 7.53. The maximum Gasteiger partial charge on any atom is 0.407 e. The van der Waals surface area contributed by atoms with E-state index < -0.39 is 0 Å². The lowest BCUT2D eigenvalue weighted by molar-refractivity contribution is -0.118. The quantitative estimate of drug-likeness (QED) is 0.705. The molecular formula is C19H32N2O5. The van der Waals surface area contributed by atoms with Crippen molar-refractivity contribution in [2.75, 3.05) is 19.0 Å². The van der Waals surface area contributed by atoms with Crippen molar-refractivity contribution in [2.45, 2.75) is 59.2 Å². The van der Waals surface area contributed by atoms with Gasteiger partial charge in [-0.3, -0.25) is 4.79 Å². The van der Waals surface area contributed by atoms with E-state index >= 15 is 0 Å². The number of rotatable bonds is 4. The van der Waals surface area contributed by atoms with Gasteiger partial charge in [-0.2, -0.15) is 0 Å². The van der Waals surface area contributed by atoms with Crippen LogP contribution >= 0.6 is 0 Å². The molecular weight excluding hydrogens is 336 g/mol. The van der Waals surface area contributed by atoms with Gasteiger partial charge in [0.1, 0.15) is 11.4 Å². The molecule has 26 heavy (non-hydrogen) atoms. The van der Waals surface area contributed by atoms with Crippen LogP contribution in [-0.2, 0) is 14.3 Å². The highest BCUT2D eigenvalue weighted by atomic mass is 16.6. The van der Waals surface area contributed by atoms with Gasteiger partial charge in [-0.15, -0.1) is 0 Å². The summed E-state index contributed by atoms with van der Waals surface area (Å²) in [7, 11) is 1.54. The summed E-state index contributed by atoms with van der Waals surface area (Å²) in [5, 5.41) is 14.5. The lowest BCUT2D eigenvalue weighted by Crippen LogP contribution is -2.30. The van der Waals surface area contributed by atoms with Crippen molar-refractivity contribution >= 4 is 17.7 Å². The molecule has 0 aliphatic carbocycles. The van der Waals surface area contributed by atoms with Crippen LogP contribution in [-0.4, -0.2) is 42.0 Å². The number of amides is 2. The number of carbonyl (C=O) groups is 2. The first-order chi connectivity index (χ1) is 11.8. The number of ether oxygens (including phenoxy) is 2. The Balaban J connectivity index is 0.000000590. The van der Waals surface area contributed by atoms with Crippen molar-refractivity contribution in [2.24, 2.45) is 0 Å². The van der Waals surface area contributed by atoms with Crippen molar-refractivity contribution in [1.82, 2.24) is 5.32 Å². The van der Waals surface area contributed by atoms with E-state index in [0.717, 1.165) is 0 Å². The summed E-state index contributed by atoms with van der Waals surface area (Å²) in [6.07, 6.45) is -0.117. The Morgan fingerprint density at radius 1 is 1.04 bits per heavy atom. The first-order valence-corrected chi connectivity index (χ1v) is 8.46. The van der Waals surface area contributed by atoms with Crippen LogP contribution in [0.3, 0.4) is 0 Å². The van der Waals surface area contributed by atoms with E-state index in [9.17, 15) is 14.7 Å². The van der Waals surface area contributed by atoms with Gasteiger partial charge in [-0.05, 0) is 53.7 Å². The van der Waals surface area contributed by atoms with Crippen LogP contribution in [0.2, 0.25) is 0 Å². The van der Waals surface area contributed by atoms with E-state index in [4.69, 9.17) is 9.47 Å². The van der Waals surface area contributed by atoms with Crippen LogP contribution < -0.4 is 10.6 Å². The van der Waals surface area contributed by atoms with Crippen molar-refractivity contribution in [3.8, 4) is 5.75 Å². The molecule has 3 N–H and O–H groups in total. The number of phenolic OH excluding ortho intramolecular Hbond substituents is 1. The highest BCUT2D eigenvalue weighted by Crippen LogP contribution is 2.21. The lowest BCUT2D eigenvalue weighted by Gasteiger charge is -2.19. The molecule has 0 saturated heterocycles. The van der Waals surface area contributed by atoms with E-state index in [0.29, 0.717) is 12.3 Å². The summed E-state index contributed by atoms with van der Waals surface area (Å²) in [5.74, 6) is -0.103. The number of hydrogen-bond donors (Lipinski definition) is 3. The van der Waals surface area contributed by atoms with Gasteiger partial charge in [0.15, 0.2) is 0 Å². The molecule has 0 aliphatic heterocycles. The second kappa shape index (κ2) is 10.7. The summed E-state index contributed by atoms with van der Waals surface area (Å²) in [6, 6.07) is 6.63. The van der Waals surface area contributed by atoms with E-state index in [-0.39, 0.29) is 35.4 Å². The molecule has 0 saturated carbocycles. The number of hydrogen-bond acceptors (Lipinski definition) is 5. The van der Waals surface area contributed by atoms with E-state index in [1.54, 1.807) is 18.2 Å². The van der Waals surface area contributed by atoms with E-state index in [1.165, 1.54) is 13.1 Å². The molecule has 0 heterocycles. The minimum Gasteiger partial charge on any atom is -0.506 e. The summed E-state index contributed by atoms with van der Waals surface area (Å²) in [6.45, 7) is 11.6. The zero-order chi connectivity index (χ0) is 20.4. The SMILES string of the molecule is CC(C)(C)OCCC(=O)Nc1ccccc1O.CNC(=O)OC(C)(C)C. The molecule has 0 bridgehead atoms. The van der Waals surface area contributed by atoms with Crippen molar-refractivity contribution in [1.29, 1.82) is 0 Å². The molecule has 0 unspecified atom stereocenters. The van der Waals surface area contributed by atoms with E-state index in [2.05, 4.69) is 10.6 Å². The molecule has 2 amide bonds. The molecule has 7 nitrogen and oxygen atoms in total. The number of carbonyl (C=O) groups excluding carboxylic acids is 2. The maximum atomic E-state index is 11.5. The van der Waals surface area contributed by atoms with Crippen LogP contribution in [0.4, 0.5) is 10.5 Å². The largest absolute Gasteiger partial charge is 0.506 e. The Labute approximate surface area is 156 Å². The number of alkyl carbamates (subject to hydrolysis) is 1. The topological polar surface area (TPSA) is 96.9 Å². The Kier molecular flexibility index (Phi) is 9.72. The minimum absolute atomic E-state index is 0.0672.